The van der Waals surface area contributed by atoms with Crippen LogP contribution in [-0.2, 0) is 35.1 Å². The summed E-state index contributed by atoms with van der Waals surface area (Å²) in [5.41, 5.74) is 4.88. The fourth-order valence-electron chi connectivity index (χ4n) is 5.06. The van der Waals surface area contributed by atoms with Crippen molar-refractivity contribution in [1.29, 1.82) is 0 Å². The minimum atomic E-state index is -1.26. The number of nitrogens with one attached hydrogen (secondary N) is 2. The maximum atomic E-state index is 14.7. The van der Waals surface area contributed by atoms with E-state index < -0.39 is 64.7 Å². The molecule has 0 spiro atoms. The molecule has 48 heavy (non-hydrogen) atoms. The summed E-state index contributed by atoms with van der Waals surface area (Å²) in [7, 11) is 0. The van der Waals surface area contributed by atoms with Gasteiger partial charge in [-0.15, -0.1) is 0 Å². The highest BCUT2D eigenvalue weighted by Crippen LogP contribution is 2.34. The van der Waals surface area contributed by atoms with Crippen LogP contribution in [0, 0.1) is 6.92 Å². The number of hydrogen-bond donors (Lipinski definition) is 3. The smallest absolute Gasteiger partial charge is 0.408 e. The number of rotatable bonds is 14. The molecule has 0 saturated carbocycles. The van der Waals surface area contributed by atoms with E-state index in [1.165, 1.54) is 4.90 Å². The van der Waals surface area contributed by atoms with E-state index in [4.69, 9.17) is 15.2 Å². The third kappa shape index (κ3) is 12.3. The van der Waals surface area contributed by atoms with Crippen LogP contribution in [0.15, 0.2) is 54.6 Å². The van der Waals surface area contributed by atoms with Crippen molar-refractivity contribution < 1.29 is 33.4 Å². The highest BCUT2D eigenvalue weighted by Gasteiger charge is 2.44. The second-order valence-corrected chi connectivity index (χ2v) is 14.6. The Balaban J connectivity index is 2.72. The molecule has 2 aromatic carbocycles. The predicted molar refractivity (Wildman–Crippen MR) is 185 cm³/mol. The quantitative estimate of drug-likeness (QED) is 0.232. The first-order chi connectivity index (χ1) is 22.1. The van der Waals surface area contributed by atoms with E-state index in [0.717, 1.165) is 11.1 Å². The Hall–Kier alpha value is -4.41. The highest BCUT2D eigenvalue weighted by molar-refractivity contribution is 5.95. The van der Waals surface area contributed by atoms with Crippen LogP contribution in [0.3, 0.4) is 0 Å². The van der Waals surface area contributed by atoms with E-state index in [1.807, 2.05) is 70.2 Å². The molecule has 2 aromatic rings. The van der Waals surface area contributed by atoms with Crippen molar-refractivity contribution in [3.63, 3.8) is 0 Å². The summed E-state index contributed by atoms with van der Waals surface area (Å²) in [4.78, 5) is 69.2. The Labute approximate surface area is 285 Å². The maximum absolute atomic E-state index is 14.7. The van der Waals surface area contributed by atoms with Crippen LogP contribution in [0.4, 0.5) is 4.79 Å². The largest absolute Gasteiger partial charge is 0.458 e. The minimum absolute atomic E-state index is 0.125. The Kier molecular flexibility index (Phi) is 13.8. The number of primary amides is 1. The van der Waals surface area contributed by atoms with Crippen LogP contribution in [-0.4, -0.2) is 63.5 Å². The molecular weight excluding hydrogens is 612 g/mol. The number of carbonyl (C=O) groups is 5. The summed E-state index contributed by atoms with van der Waals surface area (Å²) in [6.07, 6.45) is -0.618. The van der Waals surface area contributed by atoms with Gasteiger partial charge in [-0.3, -0.25) is 14.4 Å². The van der Waals surface area contributed by atoms with Gasteiger partial charge in [-0.1, -0.05) is 61.5 Å². The van der Waals surface area contributed by atoms with Crippen LogP contribution in [0.5, 0.6) is 0 Å². The van der Waals surface area contributed by atoms with Crippen LogP contribution >= 0.6 is 0 Å². The van der Waals surface area contributed by atoms with Gasteiger partial charge >= 0.3 is 12.1 Å². The van der Waals surface area contributed by atoms with Gasteiger partial charge in [0.05, 0.1) is 0 Å². The lowest BCUT2D eigenvalue weighted by Gasteiger charge is -2.45. The zero-order valence-electron chi connectivity index (χ0n) is 30.1. The van der Waals surface area contributed by atoms with Gasteiger partial charge in [0.2, 0.25) is 17.7 Å². The molecule has 0 aromatic heterocycles. The minimum Gasteiger partial charge on any atom is -0.458 e. The molecule has 4 N–H and O–H groups in total. The zero-order valence-corrected chi connectivity index (χ0v) is 30.1. The molecule has 264 valence electrons. The normalized spacial score (nSPS) is 13.8. The van der Waals surface area contributed by atoms with E-state index in [2.05, 4.69) is 10.6 Å². The van der Waals surface area contributed by atoms with Gasteiger partial charge < -0.3 is 30.7 Å². The van der Waals surface area contributed by atoms with Crippen LogP contribution in [0.25, 0.3) is 0 Å². The molecule has 0 radical (unpaired) electrons. The summed E-state index contributed by atoms with van der Waals surface area (Å²) in [5, 5.41) is 5.53. The van der Waals surface area contributed by atoms with E-state index in [-0.39, 0.29) is 19.3 Å². The average Bonchev–Trinajstić information content (AvgIpc) is 2.96. The van der Waals surface area contributed by atoms with Gasteiger partial charge in [-0.25, -0.2) is 9.59 Å². The molecule has 0 fully saturated rings. The topological polar surface area (TPSA) is 157 Å². The molecule has 2 rings (SSSR count). The monoisotopic (exact) mass is 666 g/mol. The van der Waals surface area contributed by atoms with Gasteiger partial charge in [0, 0.05) is 18.4 Å². The molecule has 0 aliphatic rings. The number of alkyl carbamates (subject to hydrolysis) is 1. The van der Waals surface area contributed by atoms with Gasteiger partial charge in [-0.2, -0.15) is 0 Å². The first-order valence-corrected chi connectivity index (χ1v) is 16.4. The number of hydrogen-bond acceptors (Lipinski definition) is 7. The lowest BCUT2D eigenvalue weighted by molar-refractivity contribution is -0.159. The molecule has 0 aliphatic carbocycles. The van der Waals surface area contributed by atoms with Crippen molar-refractivity contribution in [2.24, 2.45) is 5.73 Å². The summed E-state index contributed by atoms with van der Waals surface area (Å²) >= 11 is 0. The Morgan fingerprint density at radius 3 is 1.88 bits per heavy atom. The van der Waals surface area contributed by atoms with Gasteiger partial charge in [0.15, 0.2) is 0 Å². The summed E-state index contributed by atoms with van der Waals surface area (Å²) in [6, 6.07) is 12.8. The second kappa shape index (κ2) is 16.6. The molecule has 0 saturated heterocycles. The van der Waals surface area contributed by atoms with Crippen molar-refractivity contribution in [2.45, 2.75) is 130 Å². The number of esters is 1. The number of carbonyl (C=O) groups excluding carboxylic acids is 5. The third-order valence-corrected chi connectivity index (χ3v) is 7.70. The lowest BCUT2D eigenvalue weighted by atomic mass is 9.89. The molecule has 3 unspecified atom stereocenters. The molecule has 11 heteroatoms. The molecule has 3 atom stereocenters. The van der Waals surface area contributed by atoms with Crippen molar-refractivity contribution in [3.8, 4) is 0 Å². The number of benzene rings is 2. The summed E-state index contributed by atoms with van der Waals surface area (Å²) in [5.74, 6) is -2.51. The number of ether oxygens (including phenoxy) is 2. The molecule has 4 amide bonds. The fraction of sp³-hybridized carbons (Fsp3) is 0.541. The van der Waals surface area contributed by atoms with E-state index >= 15 is 0 Å². The van der Waals surface area contributed by atoms with Crippen LogP contribution < -0.4 is 16.4 Å². The SMILES string of the molecule is CCC(C)(C)N(C(=O)C(CCC(N)=O)NC(=O)OC(C)(C)C)C(C(=O)NC(Cc1ccccc1)C(=O)OC(C)(C)C)c1ccccc1C. The number of nitrogens with two attached hydrogens (primary N) is 1. The van der Waals surface area contributed by atoms with Crippen molar-refractivity contribution in [1.82, 2.24) is 15.5 Å². The fourth-order valence-corrected chi connectivity index (χ4v) is 5.06. The molecule has 0 aliphatic heterocycles. The summed E-state index contributed by atoms with van der Waals surface area (Å²) in [6.45, 7) is 17.7. The van der Waals surface area contributed by atoms with Crippen molar-refractivity contribution in [3.05, 3.63) is 71.3 Å². The standard InChI is InChI=1S/C37H54N4O7/c1-11-37(9,10)41(32(44)27(21-22-29(38)42)40-34(46)48-36(6,7)8)30(26-20-16-15-17-24(26)2)31(43)39-28(33(45)47-35(3,4)5)23-25-18-13-12-14-19-25/h12-20,27-28,30H,11,21-23H2,1-10H3,(H2,38,42)(H,39,43)(H,40,46). The molecular formula is C37H54N4O7. The zero-order chi connectivity index (χ0) is 36.4. The van der Waals surface area contributed by atoms with E-state index in [1.54, 1.807) is 53.7 Å². The molecule has 0 bridgehead atoms. The number of aryl methyl sites for hydroxylation is 1. The number of amides is 4. The van der Waals surface area contributed by atoms with E-state index in [9.17, 15) is 24.0 Å². The first kappa shape index (κ1) is 39.8. The van der Waals surface area contributed by atoms with Crippen molar-refractivity contribution in [2.75, 3.05) is 0 Å². The van der Waals surface area contributed by atoms with Crippen molar-refractivity contribution >= 4 is 29.8 Å². The average molecular weight is 667 g/mol. The maximum Gasteiger partial charge on any atom is 0.408 e. The van der Waals surface area contributed by atoms with Gasteiger partial charge in [0.1, 0.15) is 29.3 Å². The van der Waals surface area contributed by atoms with Crippen LogP contribution in [0.1, 0.15) is 104 Å². The predicted octanol–water partition coefficient (Wildman–Crippen LogP) is 5.28. The van der Waals surface area contributed by atoms with E-state index in [0.29, 0.717) is 12.0 Å². The highest BCUT2D eigenvalue weighted by atomic mass is 16.6. The van der Waals surface area contributed by atoms with Gasteiger partial charge in [-0.05, 0) is 91.8 Å². The third-order valence-electron chi connectivity index (χ3n) is 7.70. The Bertz CT molecular complexity index is 1430. The number of nitrogens with zero attached hydrogens (tertiary/aromatic N) is 1. The summed E-state index contributed by atoms with van der Waals surface area (Å²) < 4.78 is 11.2. The lowest BCUT2D eigenvalue weighted by Crippen LogP contribution is -2.60. The van der Waals surface area contributed by atoms with Crippen LogP contribution in [0.2, 0.25) is 0 Å². The molecule has 0 heterocycles. The molecule has 11 nitrogen and oxygen atoms in total. The second-order valence-electron chi connectivity index (χ2n) is 14.6. The Morgan fingerprint density at radius 1 is 0.792 bits per heavy atom. The first-order valence-electron chi connectivity index (χ1n) is 16.4. The van der Waals surface area contributed by atoms with Gasteiger partial charge in [0.25, 0.3) is 0 Å². The Morgan fingerprint density at radius 2 is 1.35 bits per heavy atom.